The summed E-state index contributed by atoms with van der Waals surface area (Å²) in [6, 6.07) is 11.2. The maximum atomic E-state index is 13.6. The van der Waals surface area contributed by atoms with Crippen molar-refractivity contribution in [3.8, 4) is 22.9 Å². The van der Waals surface area contributed by atoms with Gasteiger partial charge in [-0.3, -0.25) is 14.5 Å². The van der Waals surface area contributed by atoms with E-state index in [0.29, 0.717) is 60.5 Å². The molecule has 3 aromatic rings. The lowest BCUT2D eigenvalue weighted by molar-refractivity contribution is -0.170. The van der Waals surface area contributed by atoms with Gasteiger partial charge in [-0.25, -0.2) is 0 Å². The molecule has 1 saturated heterocycles. The summed E-state index contributed by atoms with van der Waals surface area (Å²) in [6.45, 7) is 5.04. The predicted molar refractivity (Wildman–Crippen MR) is 166 cm³/mol. The van der Waals surface area contributed by atoms with Crippen LogP contribution in [0.1, 0.15) is 55.5 Å². The molecule has 1 N–H and O–H groups in total. The summed E-state index contributed by atoms with van der Waals surface area (Å²) in [5.41, 5.74) is 0.316. The summed E-state index contributed by atoms with van der Waals surface area (Å²) in [5, 5.41) is 3.03. The van der Waals surface area contributed by atoms with Gasteiger partial charge in [0.2, 0.25) is 11.8 Å². The van der Waals surface area contributed by atoms with Crippen molar-refractivity contribution in [3.63, 3.8) is 0 Å². The van der Waals surface area contributed by atoms with Crippen LogP contribution in [0.15, 0.2) is 54.9 Å². The molecule has 15 heteroatoms. The van der Waals surface area contributed by atoms with Gasteiger partial charge in [0.15, 0.2) is 5.69 Å². The number of benzene rings is 2. The standard InChI is InChI=1S/C33H37F6N5O4/c1-3-47-29-27(30(48-4-2)41-21-40-29)44(31(46)33(37,38)39)18-8-7-17-43-19-15-24(16-20-43)42-28(45)26-10-6-5-9-25(26)22-11-13-23(14-12-22)32(34,35)36/h5-6,9-14,21,24H,3-4,7-8,15-20H2,1-2H3,(H,42,45). The number of nitrogens with zero attached hydrogens (tertiary/aromatic N) is 4. The molecule has 2 aromatic carbocycles. The highest BCUT2D eigenvalue weighted by Gasteiger charge is 2.45. The first-order valence-corrected chi connectivity index (χ1v) is 15.6. The minimum atomic E-state index is -5.15. The second-order valence-corrected chi connectivity index (χ2v) is 11.1. The summed E-state index contributed by atoms with van der Waals surface area (Å²) >= 11 is 0. The van der Waals surface area contributed by atoms with Crippen molar-refractivity contribution in [2.75, 3.05) is 44.3 Å². The van der Waals surface area contributed by atoms with Crippen molar-refractivity contribution in [1.82, 2.24) is 20.2 Å². The predicted octanol–water partition coefficient (Wildman–Crippen LogP) is 6.53. The van der Waals surface area contributed by atoms with Gasteiger partial charge in [0.25, 0.3) is 5.91 Å². The van der Waals surface area contributed by atoms with Gasteiger partial charge in [-0.15, -0.1) is 0 Å². The highest BCUT2D eigenvalue weighted by molar-refractivity contribution is 6.01. The number of hydrogen-bond acceptors (Lipinski definition) is 7. The average Bonchev–Trinajstić information content (AvgIpc) is 3.05. The van der Waals surface area contributed by atoms with Crippen LogP contribution in [0.3, 0.4) is 0 Å². The zero-order valence-electron chi connectivity index (χ0n) is 26.5. The molecule has 4 rings (SSSR count). The first-order chi connectivity index (χ1) is 22.8. The second-order valence-electron chi connectivity index (χ2n) is 11.1. The van der Waals surface area contributed by atoms with E-state index in [1.54, 1.807) is 38.1 Å². The van der Waals surface area contributed by atoms with Crippen LogP contribution in [0.5, 0.6) is 11.8 Å². The van der Waals surface area contributed by atoms with E-state index in [1.165, 1.54) is 12.1 Å². The number of nitrogens with one attached hydrogen (secondary N) is 1. The largest absolute Gasteiger partial charge is 0.476 e. The first-order valence-electron chi connectivity index (χ1n) is 15.6. The van der Waals surface area contributed by atoms with Crippen LogP contribution >= 0.6 is 0 Å². The minimum Gasteiger partial charge on any atom is -0.476 e. The van der Waals surface area contributed by atoms with Gasteiger partial charge in [0.1, 0.15) is 6.33 Å². The van der Waals surface area contributed by atoms with Crippen molar-refractivity contribution < 1.29 is 45.4 Å². The van der Waals surface area contributed by atoms with Crippen LogP contribution in [-0.2, 0) is 11.0 Å². The molecule has 0 spiro atoms. The first kappa shape index (κ1) is 36.4. The lowest BCUT2D eigenvalue weighted by atomic mass is 9.97. The smallest absolute Gasteiger partial charge is 0.471 e. The van der Waals surface area contributed by atoms with Crippen LogP contribution in [0.2, 0.25) is 0 Å². The molecule has 9 nitrogen and oxygen atoms in total. The molecule has 0 atom stereocenters. The molecule has 2 amide bonds. The van der Waals surface area contributed by atoms with Gasteiger partial charge in [-0.05, 0) is 75.4 Å². The Labute approximate surface area is 274 Å². The van der Waals surface area contributed by atoms with E-state index in [1.807, 2.05) is 0 Å². The molecule has 1 aliphatic rings. The number of carbonyl (C=O) groups excluding carboxylic acids is 2. The lowest BCUT2D eigenvalue weighted by Gasteiger charge is -2.32. The van der Waals surface area contributed by atoms with Crippen LogP contribution in [-0.4, -0.2) is 78.3 Å². The number of likely N-dealkylation sites (tertiary alicyclic amines) is 1. The zero-order chi connectivity index (χ0) is 34.9. The third-order valence-electron chi connectivity index (χ3n) is 7.80. The van der Waals surface area contributed by atoms with Crippen molar-refractivity contribution in [1.29, 1.82) is 0 Å². The van der Waals surface area contributed by atoms with Crippen LogP contribution in [0, 0.1) is 0 Å². The highest BCUT2D eigenvalue weighted by Crippen LogP contribution is 2.37. The van der Waals surface area contributed by atoms with Crippen LogP contribution in [0.4, 0.5) is 32.0 Å². The quantitative estimate of drug-likeness (QED) is 0.162. The molecular formula is C33H37F6N5O4. The zero-order valence-corrected chi connectivity index (χ0v) is 26.5. The van der Waals surface area contributed by atoms with Gasteiger partial charge >= 0.3 is 18.3 Å². The SMILES string of the molecule is CCOc1ncnc(OCC)c1N(CCCCN1CCC(NC(=O)c2ccccc2-c2ccc(C(F)(F)F)cc2)CC1)C(=O)C(F)(F)F. The monoisotopic (exact) mass is 681 g/mol. The fourth-order valence-electron chi connectivity index (χ4n) is 5.47. The van der Waals surface area contributed by atoms with Crippen molar-refractivity contribution in [2.45, 2.75) is 57.9 Å². The summed E-state index contributed by atoms with van der Waals surface area (Å²) in [5.74, 6) is -2.77. The van der Waals surface area contributed by atoms with Crippen molar-refractivity contribution in [3.05, 3.63) is 66.0 Å². The molecule has 0 unspecified atom stereocenters. The Morgan fingerprint density at radius 3 is 2.06 bits per heavy atom. The number of alkyl halides is 6. The fraction of sp³-hybridized carbons (Fsp3) is 0.455. The molecule has 1 aromatic heterocycles. The van der Waals surface area contributed by atoms with Gasteiger partial charge < -0.3 is 19.7 Å². The van der Waals surface area contributed by atoms with E-state index < -0.39 is 23.8 Å². The number of ether oxygens (including phenoxy) is 2. The third-order valence-corrected chi connectivity index (χ3v) is 7.80. The van der Waals surface area contributed by atoms with E-state index in [-0.39, 0.29) is 55.6 Å². The van der Waals surface area contributed by atoms with E-state index in [2.05, 4.69) is 20.2 Å². The van der Waals surface area contributed by atoms with Gasteiger partial charge in [0.05, 0.1) is 18.8 Å². The number of carbonyl (C=O) groups is 2. The number of anilines is 1. The number of piperidine rings is 1. The molecule has 0 aliphatic carbocycles. The van der Waals surface area contributed by atoms with Gasteiger partial charge in [0, 0.05) is 31.2 Å². The Hall–Kier alpha value is -4.40. The Morgan fingerprint density at radius 2 is 1.50 bits per heavy atom. The number of unbranched alkanes of at least 4 members (excludes halogenated alkanes) is 1. The molecule has 48 heavy (non-hydrogen) atoms. The number of aromatic nitrogens is 2. The number of amides is 2. The topological polar surface area (TPSA) is 96.9 Å². The number of rotatable bonds is 13. The van der Waals surface area contributed by atoms with Crippen molar-refractivity contribution in [2.24, 2.45) is 0 Å². The second kappa shape index (κ2) is 16.1. The van der Waals surface area contributed by atoms with E-state index in [4.69, 9.17) is 9.47 Å². The molecule has 2 heterocycles. The Morgan fingerprint density at radius 1 is 0.896 bits per heavy atom. The van der Waals surface area contributed by atoms with Crippen molar-refractivity contribution >= 4 is 17.5 Å². The fourth-order valence-corrected chi connectivity index (χ4v) is 5.47. The van der Waals surface area contributed by atoms with E-state index in [0.717, 1.165) is 18.5 Å². The highest BCUT2D eigenvalue weighted by atomic mass is 19.4. The summed E-state index contributed by atoms with van der Waals surface area (Å²) in [6.07, 6.45) is -6.53. The molecule has 1 fully saturated rings. The summed E-state index contributed by atoms with van der Waals surface area (Å²) < 4.78 is 90.7. The molecule has 0 radical (unpaired) electrons. The number of hydrogen-bond donors (Lipinski definition) is 1. The molecular weight excluding hydrogens is 644 g/mol. The molecule has 0 bridgehead atoms. The van der Waals surface area contributed by atoms with Crippen LogP contribution in [0.25, 0.3) is 11.1 Å². The molecule has 260 valence electrons. The van der Waals surface area contributed by atoms with E-state index >= 15 is 0 Å². The summed E-state index contributed by atoms with van der Waals surface area (Å²) in [7, 11) is 0. The molecule has 0 saturated carbocycles. The van der Waals surface area contributed by atoms with Gasteiger partial charge in [-0.2, -0.15) is 36.3 Å². The van der Waals surface area contributed by atoms with Crippen LogP contribution < -0.4 is 19.7 Å². The maximum absolute atomic E-state index is 13.6. The molecule has 1 aliphatic heterocycles. The summed E-state index contributed by atoms with van der Waals surface area (Å²) in [4.78, 5) is 36.3. The Kier molecular flexibility index (Phi) is 12.2. The third kappa shape index (κ3) is 9.36. The minimum absolute atomic E-state index is 0.103. The Bertz CT molecular complexity index is 1500. The normalized spacial score (nSPS) is 14.4. The lowest BCUT2D eigenvalue weighted by Crippen LogP contribution is -2.45. The average molecular weight is 682 g/mol. The Balaban J connectivity index is 1.32. The maximum Gasteiger partial charge on any atom is 0.471 e. The van der Waals surface area contributed by atoms with Gasteiger partial charge in [-0.1, -0.05) is 30.3 Å². The van der Waals surface area contributed by atoms with E-state index in [9.17, 15) is 35.9 Å². The number of halogens is 6.